The second-order valence-corrected chi connectivity index (χ2v) is 7.69. The molecular formula is C22H22ClN3O2. The van der Waals surface area contributed by atoms with Gasteiger partial charge in [-0.3, -0.25) is 9.36 Å². The van der Waals surface area contributed by atoms with Crippen LogP contribution in [-0.4, -0.2) is 20.1 Å². The van der Waals surface area contributed by atoms with Crippen molar-refractivity contribution in [2.45, 2.75) is 44.7 Å². The second kappa shape index (κ2) is 8.15. The second-order valence-electron chi connectivity index (χ2n) is 7.25. The molecule has 0 saturated heterocycles. The van der Waals surface area contributed by atoms with Gasteiger partial charge in [-0.05, 0) is 55.5 Å². The van der Waals surface area contributed by atoms with Crippen molar-refractivity contribution in [3.8, 4) is 11.4 Å². The van der Waals surface area contributed by atoms with Gasteiger partial charge in [0.1, 0.15) is 6.54 Å². The average Bonchev–Trinajstić information content (AvgIpc) is 3.48. The van der Waals surface area contributed by atoms with Crippen molar-refractivity contribution in [2.24, 2.45) is 0 Å². The number of benzene rings is 2. The molecule has 4 rings (SSSR count). The standard InChI is InChI=1S/C22H22ClN3O2/c23-18-11-9-17(10-12-18)21-24-25(22(28)26(21)19-13-14-19)15-20(27)8-4-7-16-5-2-1-3-6-16/h1-3,5-6,9-12,19H,4,7-8,13-15H2. The highest BCUT2D eigenvalue weighted by atomic mass is 35.5. The Hall–Kier alpha value is -2.66. The Morgan fingerprint density at radius 3 is 2.46 bits per heavy atom. The maximum atomic E-state index is 12.8. The van der Waals surface area contributed by atoms with Crippen LogP contribution in [0.25, 0.3) is 11.4 Å². The molecule has 0 bridgehead atoms. The van der Waals surface area contributed by atoms with Gasteiger partial charge >= 0.3 is 5.69 Å². The van der Waals surface area contributed by atoms with E-state index in [0.717, 1.165) is 31.2 Å². The SMILES string of the molecule is O=C(CCCc1ccccc1)Cn1nc(-c2ccc(Cl)cc2)n(C2CC2)c1=O. The van der Waals surface area contributed by atoms with Crippen LogP contribution in [0.2, 0.25) is 5.02 Å². The molecule has 5 nitrogen and oxygen atoms in total. The Labute approximate surface area is 168 Å². The Bertz CT molecular complexity index is 1020. The molecule has 3 aromatic rings. The quantitative estimate of drug-likeness (QED) is 0.571. The topological polar surface area (TPSA) is 56.9 Å². The van der Waals surface area contributed by atoms with Crippen molar-refractivity contribution >= 4 is 17.4 Å². The number of halogens is 1. The van der Waals surface area contributed by atoms with Crippen LogP contribution in [-0.2, 0) is 17.8 Å². The van der Waals surface area contributed by atoms with Crippen LogP contribution in [0, 0.1) is 0 Å². The molecule has 0 radical (unpaired) electrons. The van der Waals surface area contributed by atoms with Crippen LogP contribution < -0.4 is 5.69 Å². The van der Waals surface area contributed by atoms with Crippen molar-refractivity contribution < 1.29 is 4.79 Å². The fourth-order valence-electron chi connectivity index (χ4n) is 3.36. The van der Waals surface area contributed by atoms with Gasteiger partial charge in [-0.1, -0.05) is 41.9 Å². The van der Waals surface area contributed by atoms with Gasteiger partial charge in [-0.15, -0.1) is 5.10 Å². The largest absolute Gasteiger partial charge is 0.346 e. The zero-order valence-corrected chi connectivity index (χ0v) is 16.3. The van der Waals surface area contributed by atoms with E-state index in [1.54, 1.807) is 16.7 Å². The highest BCUT2D eigenvalue weighted by Gasteiger charge is 2.30. The lowest BCUT2D eigenvalue weighted by Gasteiger charge is -2.03. The first-order chi connectivity index (χ1) is 13.6. The van der Waals surface area contributed by atoms with Crippen LogP contribution in [0.1, 0.15) is 37.3 Å². The molecule has 0 aliphatic heterocycles. The molecule has 0 atom stereocenters. The number of aryl methyl sites for hydroxylation is 1. The fraction of sp³-hybridized carbons (Fsp3) is 0.318. The number of hydrogen-bond acceptors (Lipinski definition) is 3. The summed E-state index contributed by atoms with van der Waals surface area (Å²) >= 11 is 5.97. The highest BCUT2D eigenvalue weighted by molar-refractivity contribution is 6.30. The summed E-state index contributed by atoms with van der Waals surface area (Å²) < 4.78 is 3.04. The zero-order valence-electron chi connectivity index (χ0n) is 15.6. The van der Waals surface area contributed by atoms with E-state index in [1.807, 2.05) is 30.3 Å². The lowest BCUT2D eigenvalue weighted by Crippen LogP contribution is -2.27. The molecule has 0 spiro atoms. The minimum Gasteiger partial charge on any atom is -0.298 e. The first-order valence-electron chi connectivity index (χ1n) is 9.63. The van der Waals surface area contributed by atoms with Crippen LogP contribution in [0.15, 0.2) is 59.4 Å². The monoisotopic (exact) mass is 395 g/mol. The van der Waals surface area contributed by atoms with Crippen LogP contribution in [0.4, 0.5) is 0 Å². The smallest absolute Gasteiger partial charge is 0.298 e. The van der Waals surface area contributed by atoms with Gasteiger partial charge in [0.15, 0.2) is 11.6 Å². The van der Waals surface area contributed by atoms with Crippen molar-refractivity contribution in [3.63, 3.8) is 0 Å². The molecule has 1 saturated carbocycles. The Kier molecular flexibility index (Phi) is 5.44. The first kappa shape index (κ1) is 18.7. The number of Topliss-reactive ketones (excluding diaryl/α,β-unsaturated/α-hetero) is 1. The predicted molar refractivity (Wildman–Crippen MR) is 110 cm³/mol. The van der Waals surface area contributed by atoms with Gasteiger partial charge in [-0.25, -0.2) is 9.48 Å². The number of aromatic nitrogens is 3. The summed E-state index contributed by atoms with van der Waals surface area (Å²) in [5, 5.41) is 5.12. The zero-order chi connectivity index (χ0) is 19.5. The molecular weight excluding hydrogens is 374 g/mol. The first-order valence-corrected chi connectivity index (χ1v) is 10.0. The fourth-order valence-corrected chi connectivity index (χ4v) is 3.49. The molecule has 1 aliphatic carbocycles. The maximum Gasteiger partial charge on any atom is 0.346 e. The van der Waals surface area contributed by atoms with E-state index in [4.69, 9.17) is 11.6 Å². The van der Waals surface area contributed by atoms with E-state index in [2.05, 4.69) is 17.2 Å². The van der Waals surface area contributed by atoms with Crippen LogP contribution >= 0.6 is 11.6 Å². The molecule has 1 aromatic heterocycles. The number of carbonyl (C=O) groups is 1. The van der Waals surface area contributed by atoms with Gasteiger partial charge < -0.3 is 0 Å². The molecule has 1 heterocycles. The van der Waals surface area contributed by atoms with Gasteiger partial charge in [0, 0.05) is 23.0 Å². The van der Waals surface area contributed by atoms with Crippen LogP contribution in [0.5, 0.6) is 0 Å². The number of nitrogens with zero attached hydrogens (tertiary/aromatic N) is 3. The lowest BCUT2D eigenvalue weighted by molar-refractivity contribution is -0.119. The van der Waals surface area contributed by atoms with Gasteiger partial charge in [0.2, 0.25) is 0 Å². The molecule has 0 unspecified atom stereocenters. The van der Waals surface area contributed by atoms with E-state index in [0.29, 0.717) is 17.3 Å². The number of carbonyl (C=O) groups excluding carboxylic acids is 1. The summed E-state index contributed by atoms with van der Waals surface area (Å²) in [6.45, 7) is 0.0218. The summed E-state index contributed by atoms with van der Waals surface area (Å²) in [5.74, 6) is 0.641. The lowest BCUT2D eigenvalue weighted by atomic mass is 10.1. The van der Waals surface area contributed by atoms with Gasteiger partial charge in [-0.2, -0.15) is 0 Å². The predicted octanol–water partition coefficient (Wildman–Crippen LogP) is 4.29. The van der Waals surface area contributed by atoms with E-state index in [-0.39, 0.29) is 24.1 Å². The van der Waals surface area contributed by atoms with Crippen molar-refractivity contribution in [1.82, 2.24) is 14.3 Å². The van der Waals surface area contributed by atoms with Crippen molar-refractivity contribution in [1.29, 1.82) is 0 Å². The molecule has 2 aromatic carbocycles. The molecule has 144 valence electrons. The molecule has 28 heavy (non-hydrogen) atoms. The molecule has 1 fully saturated rings. The van der Waals surface area contributed by atoms with Crippen molar-refractivity contribution in [3.05, 3.63) is 75.7 Å². The Morgan fingerprint density at radius 1 is 1.07 bits per heavy atom. The molecule has 6 heteroatoms. The molecule has 0 N–H and O–H groups in total. The average molecular weight is 396 g/mol. The summed E-state index contributed by atoms with van der Waals surface area (Å²) in [6, 6.07) is 17.6. The van der Waals surface area contributed by atoms with E-state index < -0.39 is 0 Å². The summed E-state index contributed by atoms with van der Waals surface area (Å²) in [6.07, 6.45) is 4.00. The Balaban J connectivity index is 1.47. The maximum absolute atomic E-state index is 12.8. The van der Waals surface area contributed by atoms with Gasteiger partial charge in [0.25, 0.3) is 0 Å². The third-order valence-corrected chi connectivity index (χ3v) is 5.23. The van der Waals surface area contributed by atoms with Gasteiger partial charge in [0.05, 0.1) is 0 Å². The third-order valence-electron chi connectivity index (χ3n) is 4.97. The van der Waals surface area contributed by atoms with Crippen molar-refractivity contribution in [2.75, 3.05) is 0 Å². The summed E-state index contributed by atoms with van der Waals surface area (Å²) in [5.41, 5.74) is 1.85. The van der Waals surface area contributed by atoms with Crippen LogP contribution in [0.3, 0.4) is 0 Å². The number of ketones is 1. The normalized spacial score (nSPS) is 13.6. The minimum absolute atomic E-state index is 0.0218. The summed E-state index contributed by atoms with van der Waals surface area (Å²) in [4.78, 5) is 25.2. The molecule has 0 amide bonds. The minimum atomic E-state index is -0.205. The number of hydrogen-bond donors (Lipinski definition) is 0. The third kappa shape index (κ3) is 4.25. The summed E-state index contributed by atoms with van der Waals surface area (Å²) in [7, 11) is 0. The van der Waals surface area contributed by atoms with E-state index in [9.17, 15) is 9.59 Å². The molecule has 1 aliphatic rings. The van der Waals surface area contributed by atoms with E-state index in [1.165, 1.54) is 10.2 Å². The van der Waals surface area contributed by atoms with E-state index >= 15 is 0 Å². The number of rotatable bonds is 8. The Morgan fingerprint density at radius 2 is 1.79 bits per heavy atom. The highest BCUT2D eigenvalue weighted by Crippen LogP contribution is 2.36.